The molecule has 4 rings (SSSR count). The van der Waals surface area contributed by atoms with Crippen LogP contribution in [0.3, 0.4) is 0 Å². The van der Waals surface area contributed by atoms with Gasteiger partial charge in [-0.2, -0.15) is 23.4 Å². The van der Waals surface area contributed by atoms with E-state index in [0.29, 0.717) is 12.2 Å². The van der Waals surface area contributed by atoms with Crippen LogP contribution in [0.1, 0.15) is 35.3 Å². The van der Waals surface area contributed by atoms with Gasteiger partial charge >= 0.3 is 6.18 Å². The molecule has 150 valence electrons. The van der Waals surface area contributed by atoms with Crippen molar-refractivity contribution in [3.8, 4) is 5.69 Å². The normalized spacial score (nSPS) is 13.1. The molecule has 0 aliphatic heterocycles. The number of nitrogens with zero attached hydrogens (tertiary/aromatic N) is 3. The lowest BCUT2D eigenvalue weighted by atomic mass is 10.1. The van der Waals surface area contributed by atoms with Crippen molar-refractivity contribution >= 4 is 10.9 Å². The summed E-state index contributed by atoms with van der Waals surface area (Å²) in [4.78, 5) is 0. The van der Waals surface area contributed by atoms with Gasteiger partial charge in [-0.3, -0.25) is 5.10 Å². The summed E-state index contributed by atoms with van der Waals surface area (Å²) < 4.78 is 40.6. The fraction of sp³-hybridized carbons (Fsp3) is 0.238. The predicted octanol–water partition coefficient (Wildman–Crippen LogP) is 4.93. The smallest absolute Gasteiger partial charge is 0.306 e. The number of aromatic amines is 1. The molecule has 0 saturated heterocycles. The first-order chi connectivity index (χ1) is 13.8. The molecule has 29 heavy (non-hydrogen) atoms. The van der Waals surface area contributed by atoms with E-state index in [4.69, 9.17) is 0 Å². The average Bonchev–Trinajstić information content (AvgIpc) is 3.31. The molecule has 2 aromatic heterocycles. The fourth-order valence-corrected chi connectivity index (χ4v) is 3.40. The third-order valence-electron chi connectivity index (χ3n) is 5.05. The summed E-state index contributed by atoms with van der Waals surface area (Å²) in [7, 11) is 0. The van der Waals surface area contributed by atoms with Crippen LogP contribution in [-0.4, -0.2) is 20.0 Å². The van der Waals surface area contributed by atoms with Crippen LogP contribution in [0.5, 0.6) is 0 Å². The number of alkyl halides is 3. The molecule has 1 unspecified atom stereocenters. The van der Waals surface area contributed by atoms with Gasteiger partial charge in [-0.25, -0.2) is 4.68 Å². The van der Waals surface area contributed by atoms with E-state index in [2.05, 4.69) is 20.6 Å². The molecule has 4 aromatic rings. The Balaban J connectivity index is 1.51. The number of aromatic nitrogens is 4. The molecule has 0 radical (unpaired) electrons. The van der Waals surface area contributed by atoms with E-state index in [9.17, 15) is 13.2 Å². The minimum Gasteiger partial charge on any atom is -0.306 e. The van der Waals surface area contributed by atoms with Gasteiger partial charge in [-0.1, -0.05) is 18.2 Å². The SMILES string of the molecule is Cc1c(C(C)NCc2ccc3cn[nH]c3c2)cnn1-c1cccc(C(F)(F)F)c1. The maximum Gasteiger partial charge on any atom is 0.416 e. The number of fused-ring (bicyclic) bond motifs is 1. The fourth-order valence-electron chi connectivity index (χ4n) is 3.40. The van der Waals surface area contributed by atoms with Crippen molar-refractivity contribution in [1.29, 1.82) is 0 Å². The topological polar surface area (TPSA) is 58.5 Å². The number of benzene rings is 2. The number of rotatable bonds is 5. The van der Waals surface area contributed by atoms with Crippen molar-refractivity contribution in [3.05, 3.63) is 77.2 Å². The molecule has 0 saturated carbocycles. The van der Waals surface area contributed by atoms with Crippen LogP contribution in [0.25, 0.3) is 16.6 Å². The summed E-state index contributed by atoms with van der Waals surface area (Å²) in [5.41, 5.74) is 3.52. The highest BCUT2D eigenvalue weighted by Gasteiger charge is 2.30. The van der Waals surface area contributed by atoms with Gasteiger partial charge in [0.15, 0.2) is 0 Å². The van der Waals surface area contributed by atoms with Crippen molar-refractivity contribution in [2.75, 3.05) is 0 Å². The van der Waals surface area contributed by atoms with Crippen LogP contribution < -0.4 is 5.32 Å². The molecule has 2 heterocycles. The van der Waals surface area contributed by atoms with E-state index >= 15 is 0 Å². The Morgan fingerprint density at radius 3 is 2.76 bits per heavy atom. The molecule has 0 amide bonds. The third kappa shape index (κ3) is 3.88. The Kier molecular flexibility index (Phi) is 4.87. The van der Waals surface area contributed by atoms with Gasteiger partial charge in [0, 0.05) is 29.2 Å². The quantitative estimate of drug-likeness (QED) is 0.500. The predicted molar refractivity (Wildman–Crippen MR) is 105 cm³/mol. The number of halogens is 3. The molecule has 8 heteroatoms. The Labute approximate surface area is 165 Å². The van der Waals surface area contributed by atoms with Crippen LogP contribution in [0.4, 0.5) is 13.2 Å². The van der Waals surface area contributed by atoms with E-state index in [1.807, 2.05) is 32.0 Å². The van der Waals surface area contributed by atoms with Crippen LogP contribution in [0.15, 0.2) is 54.9 Å². The molecular formula is C21H20F3N5. The van der Waals surface area contributed by atoms with E-state index in [1.54, 1.807) is 23.1 Å². The van der Waals surface area contributed by atoms with E-state index in [0.717, 1.165) is 39.9 Å². The van der Waals surface area contributed by atoms with Gasteiger partial charge in [0.1, 0.15) is 0 Å². The van der Waals surface area contributed by atoms with Crippen molar-refractivity contribution in [2.24, 2.45) is 0 Å². The summed E-state index contributed by atoms with van der Waals surface area (Å²) in [5.74, 6) is 0. The van der Waals surface area contributed by atoms with Crippen molar-refractivity contribution in [2.45, 2.75) is 32.6 Å². The second-order valence-electron chi connectivity index (χ2n) is 7.04. The second kappa shape index (κ2) is 7.36. The molecule has 0 aliphatic carbocycles. The molecule has 0 bridgehead atoms. The molecule has 0 aliphatic rings. The molecule has 0 spiro atoms. The van der Waals surface area contributed by atoms with Crippen LogP contribution in [0, 0.1) is 6.92 Å². The molecule has 0 fully saturated rings. The van der Waals surface area contributed by atoms with Crippen LogP contribution in [-0.2, 0) is 12.7 Å². The zero-order valence-electron chi connectivity index (χ0n) is 16.0. The zero-order valence-corrected chi connectivity index (χ0v) is 16.0. The maximum atomic E-state index is 13.0. The lowest BCUT2D eigenvalue weighted by Gasteiger charge is -2.15. The number of hydrogen-bond donors (Lipinski definition) is 2. The first kappa shape index (κ1) is 19.2. The van der Waals surface area contributed by atoms with Crippen LogP contribution >= 0.6 is 0 Å². The van der Waals surface area contributed by atoms with Crippen molar-refractivity contribution in [1.82, 2.24) is 25.3 Å². The highest BCUT2D eigenvalue weighted by molar-refractivity contribution is 5.78. The summed E-state index contributed by atoms with van der Waals surface area (Å²) in [6.07, 6.45) is -0.906. The summed E-state index contributed by atoms with van der Waals surface area (Å²) in [6, 6.07) is 11.3. The molecule has 2 N–H and O–H groups in total. The summed E-state index contributed by atoms with van der Waals surface area (Å²) in [6.45, 7) is 4.51. The van der Waals surface area contributed by atoms with Crippen molar-refractivity contribution in [3.63, 3.8) is 0 Å². The first-order valence-electron chi connectivity index (χ1n) is 9.20. The first-order valence-corrected chi connectivity index (χ1v) is 9.20. The Morgan fingerprint density at radius 2 is 1.97 bits per heavy atom. The van der Waals surface area contributed by atoms with Gasteiger partial charge in [0.05, 0.1) is 29.2 Å². The number of nitrogens with one attached hydrogen (secondary N) is 2. The Hall–Kier alpha value is -3.13. The molecular weight excluding hydrogens is 379 g/mol. The lowest BCUT2D eigenvalue weighted by molar-refractivity contribution is -0.137. The third-order valence-corrected chi connectivity index (χ3v) is 5.05. The van der Waals surface area contributed by atoms with Crippen LogP contribution in [0.2, 0.25) is 0 Å². The summed E-state index contributed by atoms with van der Waals surface area (Å²) >= 11 is 0. The van der Waals surface area contributed by atoms with Gasteiger partial charge in [0.2, 0.25) is 0 Å². The van der Waals surface area contributed by atoms with Gasteiger partial charge < -0.3 is 5.32 Å². The standard InChI is InChI=1S/C21H20F3N5/c1-13(25-10-15-6-7-16-11-26-28-20(16)8-15)19-12-27-29(14(19)2)18-5-3-4-17(9-18)21(22,23)24/h3-9,11-13,25H,10H2,1-2H3,(H,26,28). The number of hydrogen-bond acceptors (Lipinski definition) is 3. The zero-order chi connectivity index (χ0) is 20.6. The van der Waals surface area contributed by atoms with E-state index in [-0.39, 0.29) is 6.04 Å². The van der Waals surface area contributed by atoms with Gasteiger partial charge in [-0.15, -0.1) is 0 Å². The number of H-pyrrole nitrogens is 1. The highest BCUT2D eigenvalue weighted by Crippen LogP contribution is 2.31. The maximum absolute atomic E-state index is 13.0. The van der Waals surface area contributed by atoms with Gasteiger partial charge in [-0.05, 0) is 43.7 Å². The second-order valence-corrected chi connectivity index (χ2v) is 7.04. The van der Waals surface area contributed by atoms with E-state index in [1.165, 1.54) is 6.07 Å². The highest BCUT2D eigenvalue weighted by atomic mass is 19.4. The van der Waals surface area contributed by atoms with Crippen molar-refractivity contribution < 1.29 is 13.2 Å². The molecule has 2 aromatic carbocycles. The largest absolute Gasteiger partial charge is 0.416 e. The van der Waals surface area contributed by atoms with E-state index < -0.39 is 11.7 Å². The Morgan fingerprint density at radius 1 is 1.14 bits per heavy atom. The average molecular weight is 399 g/mol. The van der Waals surface area contributed by atoms with Gasteiger partial charge in [0.25, 0.3) is 0 Å². The monoisotopic (exact) mass is 399 g/mol. The molecule has 5 nitrogen and oxygen atoms in total. The minimum atomic E-state index is -4.38. The minimum absolute atomic E-state index is 0.0213. The molecule has 1 atom stereocenters. The summed E-state index contributed by atoms with van der Waals surface area (Å²) in [5, 5.41) is 15.8. The Bertz CT molecular complexity index is 1140. The lowest BCUT2D eigenvalue weighted by Crippen LogP contribution is -2.18.